The highest BCUT2D eigenvalue weighted by Gasteiger charge is 2.14. The van der Waals surface area contributed by atoms with Gasteiger partial charge in [-0.3, -0.25) is 0 Å². The fourth-order valence-electron chi connectivity index (χ4n) is 5.15. The van der Waals surface area contributed by atoms with E-state index in [1.165, 1.54) is 0 Å². The van der Waals surface area contributed by atoms with E-state index in [0.717, 1.165) is 66.8 Å². The summed E-state index contributed by atoms with van der Waals surface area (Å²) >= 11 is 0. The van der Waals surface area contributed by atoms with Crippen LogP contribution in [0.1, 0.15) is 11.3 Å². The normalized spacial score (nSPS) is 11.1. The minimum Gasteiger partial charge on any atom is -0.454 e. The molecule has 0 amide bonds. The highest BCUT2D eigenvalue weighted by molar-refractivity contribution is 5.97. The molecule has 4 aromatic carbocycles. The maximum Gasteiger partial charge on any atom is 0.160 e. The van der Waals surface area contributed by atoms with E-state index in [4.69, 9.17) is 19.4 Å². The zero-order valence-electron chi connectivity index (χ0n) is 22.3. The number of benzene rings is 4. The van der Waals surface area contributed by atoms with Crippen molar-refractivity contribution in [1.29, 1.82) is 0 Å². The van der Waals surface area contributed by atoms with Gasteiger partial charge < -0.3 is 4.42 Å². The molecule has 3 heterocycles. The fraction of sp³-hybridized carbons (Fsp3) is 0. The van der Waals surface area contributed by atoms with Gasteiger partial charge in [-0.1, -0.05) is 110 Å². The first-order valence-corrected chi connectivity index (χ1v) is 13.4. The van der Waals surface area contributed by atoms with Crippen LogP contribution in [0.15, 0.2) is 133 Å². The lowest BCUT2D eigenvalue weighted by molar-refractivity contribution is 0.603. The minimum atomic E-state index is 0.684. The molecule has 41 heavy (non-hydrogen) atoms. The molecular weight excluding hydrogens is 502 g/mol. The molecule has 0 saturated heterocycles. The molecule has 0 aliphatic heterocycles. The van der Waals surface area contributed by atoms with Crippen LogP contribution in [0.2, 0.25) is 0 Å². The van der Waals surface area contributed by atoms with Crippen LogP contribution in [0.25, 0.3) is 79.2 Å². The van der Waals surface area contributed by atoms with Gasteiger partial charge >= 0.3 is 0 Å². The average Bonchev–Trinajstić information content (AvgIpc) is 3.40. The Morgan fingerprint density at radius 3 is 1.80 bits per heavy atom. The molecular formula is C37H25N3O. The van der Waals surface area contributed by atoms with Crippen molar-refractivity contribution >= 4 is 34.2 Å². The van der Waals surface area contributed by atoms with E-state index >= 15 is 0 Å². The van der Waals surface area contributed by atoms with Crippen LogP contribution in [0, 0.1) is 0 Å². The van der Waals surface area contributed by atoms with Gasteiger partial charge in [0.1, 0.15) is 11.3 Å². The Morgan fingerprint density at radius 1 is 0.537 bits per heavy atom. The quantitative estimate of drug-likeness (QED) is 0.216. The Balaban J connectivity index is 1.27. The zero-order chi connectivity index (χ0) is 27.8. The van der Waals surface area contributed by atoms with Crippen LogP contribution in [-0.2, 0) is 0 Å². The summed E-state index contributed by atoms with van der Waals surface area (Å²) < 4.78 is 5.98. The van der Waals surface area contributed by atoms with Crippen LogP contribution in [0.3, 0.4) is 0 Å². The van der Waals surface area contributed by atoms with Gasteiger partial charge in [0.05, 0.1) is 16.9 Å². The van der Waals surface area contributed by atoms with E-state index in [1.807, 2.05) is 60.7 Å². The van der Waals surface area contributed by atoms with Gasteiger partial charge in [0.15, 0.2) is 11.4 Å². The van der Waals surface area contributed by atoms with Crippen LogP contribution in [0.4, 0.5) is 0 Å². The van der Waals surface area contributed by atoms with E-state index in [0.29, 0.717) is 11.6 Å². The molecule has 0 fully saturated rings. The molecule has 0 atom stereocenters. The Bertz CT molecular complexity index is 2000. The summed E-state index contributed by atoms with van der Waals surface area (Å²) in [5, 5.41) is 1.01. The van der Waals surface area contributed by atoms with Crippen molar-refractivity contribution in [1.82, 2.24) is 15.0 Å². The smallest absolute Gasteiger partial charge is 0.160 e. The van der Waals surface area contributed by atoms with Crippen molar-refractivity contribution in [2.45, 2.75) is 0 Å². The number of aromatic nitrogens is 3. The minimum absolute atomic E-state index is 0.684. The predicted octanol–water partition coefficient (Wildman–Crippen LogP) is 9.72. The first-order chi connectivity index (χ1) is 20.2. The molecule has 7 rings (SSSR count). The maximum absolute atomic E-state index is 5.98. The van der Waals surface area contributed by atoms with Crippen molar-refractivity contribution in [3.8, 4) is 45.0 Å². The largest absolute Gasteiger partial charge is 0.454 e. The van der Waals surface area contributed by atoms with Crippen molar-refractivity contribution in [2.24, 2.45) is 0 Å². The molecule has 0 unspecified atom stereocenters. The van der Waals surface area contributed by atoms with Gasteiger partial charge in [-0.05, 0) is 41.5 Å². The monoisotopic (exact) mass is 527 g/mol. The summed E-state index contributed by atoms with van der Waals surface area (Å²) in [4.78, 5) is 14.7. The van der Waals surface area contributed by atoms with Gasteiger partial charge in [0, 0.05) is 27.6 Å². The molecule has 0 bridgehead atoms. The summed E-state index contributed by atoms with van der Waals surface area (Å²) in [5.74, 6) is 1.39. The van der Waals surface area contributed by atoms with Crippen LogP contribution >= 0.6 is 0 Å². The van der Waals surface area contributed by atoms with Gasteiger partial charge in [-0.15, -0.1) is 0 Å². The first-order valence-electron chi connectivity index (χ1n) is 13.4. The average molecular weight is 528 g/mol. The molecule has 194 valence electrons. The number of furan rings is 1. The molecule has 0 aliphatic carbocycles. The Labute approximate surface area is 238 Å². The van der Waals surface area contributed by atoms with Crippen molar-refractivity contribution in [2.75, 3.05) is 0 Å². The number of rotatable bonds is 6. The predicted molar refractivity (Wildman–Crippen MR) is 169 cm³/mol. The highest BCUT2D eigenvalue weighted by Crippen LogP contribution is 2.33. The van der Waals surface area contributed by atoms with Crippen molar-refractivity contribution in [3.05, 3.63) is 140 Å². The molecule has 0 spiro atoms. The Morgan fingerprint density at radius 2 is 1.15 bits per heavy atom. The lowest BCUT2D eigenvalue weighted by Gasteiger charge is -2.10. The molecule has 0 saturated carbocycles. The Kier molecular flexibility index (Phi) is 6.06. The number of hydrogen-bond donors (Lipinski definition) is 0. The second-order valence-corrected chi connectivity index (χ2v) is 9.80. The van der Waals surface area contributed by atoms with Crippen LogP contribution in [0.5, 0.6) is 0 Å². The molecule has 4 heteroatoms. The zero-order valence-corrected chi connectivity index (χ0v) is 22.3. The van der Waals surface area contributed by atoms with E-state index in [2.05, 4.69) is 67.8 Å². The summed E-state index contributed by atoms with van der Waals surface area (Å²) in [5.41, 5.74) is 10.3. The topological polar surface area (TPSA) is 51.8 Å². The third-order valence-electron chi connectivity index (χ3n) is 7.25. The van der Waals surface area contributed by atoms with Crippen LogP contribution in [-0.4, -0.2) is 15.0 Å². The fourth-order valence-corrected chi connectivity index (χ4v) is 5.15. The maximum atomic E-state index is 5.98. The number of fused-ring (bicyclic) bond motifs is 2. The van der Waals surface area contributed by atoms with E-state index in [9.17, 15) is 0 Å². The molecule has 4 nitrogen and oxygen atoms in total. The standard InChI is InChI=1S/C37H25N3O/c1-3-30-34(4-2)41-35-22-29-21-28(19-20-31(29)38-36(30)35)24-15-17-26(18-16-24)33-23-32(25-11-7-5-8-12-25)39-37(40-33)27-13-9-6-10-14-27/h3-23H,1-2H2. The summed E-state index contributed by atoms with van der Waals surface area (Å²) in [6.45, 7) is 7.76. The van der Waals surface area contributed by atoms with Crippen LogP contribution < -0.4 is 0 Å². The Hall–Kier alpha value is -5.61. The molecule has 0 N–H and O–H groups in total. The third-order valence-corrected chi connectivity index (χ3v) is 7.25. The van der Waals surface area contributed by atoms with Gasteiger partial charge in [0.2, 0.25) is 0 Å². The highest BCUT2D eigenvalue weighted by atomic mass is 16.3. The van der Waals surface area contributed by atoms with Crippen molar-refractivity contribution in [3.63, 3.8) is 0 Å². The number of nitrogens with zero attached hydrogens (tertiary/aromatic N) is 3. The second kappa shape index (κ2) is 10.2. The SMILES string of the molecule is C=Cc1oc2cc3cc(-c4ccc(-c5cc(-c6ccccc6)nc(-c6ccccc6)n5)cc4)ccc3nc2c1C=C. The number of pyridine rings is 1. The second-order valence-electron chi connectivity index (χ2n) is 9.80. The lowest BCUT2D eigenvalue weighted by Crippen LogP contribution is -1.95. The number of hydrogen-bond acceptors (Lipinski definition) is 4. The first kappa shape index (κ1) is 24.4. The summed E-state index contributed by atoms with van der Waals surface area (Å²) in [6.07, 6.45) is 3.46. The molecule has 7 aromatic rings. The summed E-state index contributed by atoms with van der Waals surface area (Å²) in [6, 6.07) is 39.2. The molecule has 0 radical (unpaired) electrons. The molecule has 3 aromatic heterocycles. The van der Waals surface area contributed by atoms with Gasteiger partial charge in [0.25, 0.3) is 0 Å². The van der Waals surface area contributed by atoms with E-state index in [1.54, 1.807) is 12.2 Å². The summed E-state index contributed by atoms with van der Waals surface area (Å²) in [7, 11) is 0. The van der Waals surface area contributed by atoms with Gasteiger partial charge in [-0.2, -0.15) is 0 Å². The third kappa shape index (κ3) is 4.52. The van der Waals surface area contributed by atoms with E-state index in [-0.39, 0.29) is 0 Å². The molecule has 0 aliphatic rings. The lowest BCUT2D eigenvalue weighted by atomic mass is 10.00. The van der Waals surface area contributed by atoms with E-state index < -0.39 is 0 Å². The van der Waals surface area contributed by atoms with Gasteiger partial charge in [-0.25, -0.2) is 15.0 Å². The van der Waals surface area contributed by atoms with Crippen molar-refractivity contribution < 1.29 is 4.42 Å².